The summed E-state index contributed by atoms with van der Waals surface area (Å²) in [6.07, 6.45) is 47.5. The Balaban J connectivity index is 3.22. The van der Waals surface area contributed by atoms with Crippen molar-refractivity contribution in [2.45, 2.75) is 194 Å². The Labute approximate surface area is 237 Å². The quantitative estimate of drug-likeness (QED) is 0.0689. The summed E-state index contributed by atoms with van der Waals surface area (Å²) < 4.78 is 8.16. The van der Waals surface area contributed by atoms with Crippen molar-refractivity contribution in [3.05, 3.63) is 24.3 Å². The molecule has 0 heterocycles. The first kappa shape index (κ1) is 34.5. The third-order valence-corrected chi connectivity index (χ3v) is 7.66. The molecular weight excluding hydrogens is 446 g/mol. The predicted octanol–water partition coefficient (Wildman–Crippen LogP) is 12.7. The molecule has 0 radical (unpaired) electrons. The number of rotatable bonds is 32. The molecule has 0 amide bonds. The normalized spacial score (nSPS) is 12.5. The van der Waals surface area contributed by atoms with Crippen molar-refractivity contribution < 1.29 is 1.41 Å². The van der Waals surface area contributed by atoms with Crippen molar-refractivity contribution in [2.24, 2.45) is 0 Å². The molecule has 0 rings (SSSR count). The highest BCUT2D eigenvalue weighted by Gasteiger charge is 1.94. The van der Waals surface area contributed by atoms with Gasteiger partial charge in [0.2, 0.25) is 0 Å². The Kier molecular flexibility index (Phi) is 33.0. The molecule has 1 heteroatoms. The van der Waals surface area contributed by atoms with Crippen LogP contribution in [0.5, 0.6) is 0 Å². The van der Waals surface area contributed by atoms with Gasteiger partial charge in [0.15, 0.2) is 0 Å². The number of unbranched alkanes of at least 4 members (excludes halogenated alkanes) is 24. The fourth-order valence-corrected chi connectivity index (χ4v) is 5.05. The highest BCUT2D eigenvalue weighted by atomic mass is 14.8. The fourth-order valence-electron chi connectivity index (χ4n) is 5.05. The van der Waals surface area contributed by atoms with Crippen molar-refractivity contribution >= 4 is 0 Å². The summed E-state index contributed by atoms with van der Waals surface area (Å²) in [6.45, 7) is 6.50. The molecule has 0 bridgehead atoms. The van der Waals surface area contributed by atoms with E-state index < -0.39 is 0 Å². The lowest BCUT2D eigenvalue weighted by atomic mass is 10.1. The van der Waals surface area contributed by atoms with E-state index in [2.05, 4.69) is 38.2 Å². The van der Waals surface area contributed by atoms with Gasteiger partial charge in [-0.15, -0.1) is 0 Å². The standard InChI is InChI=1S/C36H71N/c1-3-5-7-9-11-13-15-17-19-21-23-25-27-29-31-33-35-37-36-34-32-30-28-26-24-22-20-18-16-14-12-10-8-6-4-2/h17-20,37H,3-16,21-36H2,1-2H3/b19-17-,20-18-/i/hD. The lowest BCUT2D eigenvalue weighted by molar-refractivity contribution is 0.539. The van der Waals surface area contributed by atoms with E-state index in [1.54, 1.807) is 0 Å². The minimum atomic E-state index is 0.965. The average molecular weight is 519 g/mol. The Bertz CT molecular complexity index is 430. The molecule has 0 aromatic rings. The lowest BCUT2D eigenvalue weighted by Gasteiger charge is -2.05. The van der Waals surface area contributed by atoms with Crippen LogP contribution in [0.25, 0.3) is 0 Å². The molecule has 0 aliphatic carbocycles. The topological polar surface area (TPSA) is 12.0 Å². The van der Waals surface area contributed by atoms with Gasteiger partial charge in [-0.05, 0) is 77.3 Å². The van der Waals surface area contributed by atoms with Gasteiger partial charge in [-0.1, -0.05) is 154 Å². The van der Waals surface area contributed by atoms with Crippen LogP contribution in [-0.4, -0.2) is 13.1 Å². The second-order valence-corrected chi connectivity index (χ2v) is 11.5. The number of hydrogen-bond acceptors (Lipinski definition) is 1. The zero-order valence-corrected chi connectivity index (χ0v) is 26.0. The predicted molar refractivity (Wildman–Crippen MR) is 172 cm³/mol. The van der Waals surface area contributed by atoms with Gasteiger partial charge < -0.3 is 5.31 Å². The molecule has 0 aliphatic heterocycles. The summed E-state index contributed by atoms with van der Waals surface area (Å²) >= 11 is 0. The van der Waals surface area contributed by atoms with E-state index in [1.165, 1.54) is 180 Å². The van der Waals surface area contributed by atoms with Crippen LogP contribution in [0.15, 0.2) is 24.3 Å². The van der Waals surface area contributed by atoms with Crippen LogP contribution >= 0.6 is 0 Å². The summed E-state index contributed by atoms with van der Waals surface area (Å²) in [5, 5.41) is 1.82. The van der Waals surface area contributed by atoms with Crippen molar-refractivity contribution in [1.29, 1.82) is 0 Å². The van der Waals surface area contributed by atoms with E-state index in [0.717, 1.165) is 13.1 Å². The van der Waals surface area contributed by atoms with Crippen LogP contribution in [0.4, 0.5) is 0 Å². The van der Waals surface area contributed by atoms with Gasteiger partial charge >= 0.3 is 0 Å². The minimum absolute atomic E-state index is 0.965. The maximum atomic E-state index is 8.16. The summed E-state index contributed by atoms with van der Waals surface area (Å²) in [5.41, 5.74) is 0. The van der Waals surface area contributed by atoms with Gasteiger partial charge in [-0.2, -0.15) is 0 Å². The first-order chi connectivity index (χ1) is 18.8. The zero-order chi connectivity index (χ0) is 27.6. The molecule has 1 N–H and O–H groups in total. The molecule has 0 atom stereocenters. The fraction of sp³-hybridized carbons (Fsp3) is 0.889. The van der Waals surface area contributed by atoms with Crippen LogP contribution in [-0.2, 0) is 0 Å². The molecule has 37 heavy (non-hydrogen) atoms. The monoisotopic (exact) mass is 519 g/mol. The minimum Gasteiger partial charge on any atom is -0.317 e. The van der Waals surface area contributed by atoms with Crippen LogP contribution in [0.2, 0.25) is 1.41 Å². The zero-order valence-electron chi connectivity index (χ0n) is 27.0. The second kappa shape index (κ2) is 35.4. The number of hydrogen-bond donors (Lipinski definition) is 1. The third-order valence-electron chi connectivity index (χ3n) is 7.66. The second-order valence-electron chi connectivity index (χ2n) is 11.5. The SMILES string of the molecule is [2H]N(CCCCCCCC/C=C\CCCCCCCC)CCCCCCCC/C=C\CCCCCCCC. The van der Waals surface area contributed by atoms with E-state index in [9.17, 15) is 0 Å². The number of allylic oxidation sites excluding steroid dienone is 4. The van der Waals surface area contributed by atoms with Gasteiger partial charge in [0.05, 0.1) is 0 Å². The van der Waals surface area contributed by atoms with Crippen molar-refractivity contribution in [3.8, 4) is 0 Å². The molecule has 0 saturated carbocycles. The van der Waals surface area contributed by atoms with Crippen LogP contribution in [0, 0.1) is 0 Å². The van der Waals surface area contributed by atoms with E-state index in [1.807, 2.05) is 5.31 Å². The van der Waals surface area contributed by atoms with E-state index in [0.29, 0.717) is 0 Å². The molecule has 0 unspecified atom stereocenters. The van der Waals surface area contributed by atoms with Crippen LogP contribution in [0.1, 0.15) is 194 Å². The molecule has 220 valence electrons. The summed E-state index contributed by atoms with van der Waals surface area (Å²) in [5.74, 6) is 0. The molecule has 0 aromatic heterocycles. The number of nitrogens with one attached hydrogen (secondary N) is 1. The molecule has 0 aromatic carbocycles. The Hall–Kier alpha value is -0.560. The summed E-state index contributed by atoms with van der Waals surface area (Å²) in [4.78, 5) is 0. The largest absolute Gasteiger partial charge is 0.317 e. The molecule has 0 saturated heterocycles. The van der Waals surface area contributed by atoms with Gasteiger partial charge in [-0.3, -0.25) is 0 Å². The van der Waals surface area contributed by atoms with Gasteiger partial charge in [-0.25, -0.2) is 0 Å². The molecule has 0 aliphatic rings. The van der Waals surface area contributed by atoms with Crippen LogP contribution < -0.4 is 5.31 Å². The van der Waals surface area contributed by atoms with Crippen molar-refractivity contribution in [1.82, 2.24) is 5.31 Å². The Morgan fingerprint density at radius 1 is 0.351 bits per heavy atom. The first-order valence-corrected chi connectivity index (χ1v) is 17.3. The Morgan fingerprint density at radius 3 is 0.892 bits per heavy atom. The van der Waals surface area contributed by atoms with E-state index >= 15 is 0 Å². The molecule has 1 nitrogen and oxygen atoms in total. The Morgan fingerprint density at radius 2 is 0.595 bits per heavy atom. The van der Waals surface area contributed by atoms with Gasteiger partial charge in [0, 0.05) is 0 Å². The smallest absolute Gasteiger partial charge is 0.122 e. The highest BCUT2D eigenvalue weighted by molar-refractivity contribution is 4.82. The first-order valence-electron chi connectivity index (χ1n) is 17.8. The van der Waals surface area contributed by atoms with E-state index in [4.69, 9.17) is 1.41 Å². The maximum absolute atomic E-state index is 8.16. The highest BCUT2D eigenvalue weighted by Crippen LogP contribution is 2.11. The summed E-state index contributed by atoms with van der Waals surface area (Å²) in [6, 6.07) is 0. The van der Waals surface area contributed by atoms with Crippen molar-refractivity contribution in [2.75, 3.05) is 13.1 Å². The lowest BCUT2D eigenvalue weighted by Crippen LogP contribution is -2.16. The maximum Gasteiger partial charge on any atom is 0.122 e. The third kappa shape index (κ3) is 35.4. The molecule has 0 fully saturated rings. The van der Waals surface area contributed by atoms with E-state index in [-0.39, 0.29) is 0 Å². The van der Waals surface area contributed by atoms with Gasteiger partial charge in [0.25, 0.3) is 0 Å². The molecule has 0 spiro atoms. The summed E-state index contributed by atoms with van der Waals surface area (Å²) in [7, 11) is 0. The van der Waals surface area contributed by atoms with Gasteiger partial charge in [0.1, 0.15) is 1.41 Å². The average Bonchev–Trinajstić information content (AvgIpc) is 2.92. The van der Waals surface area contributed by atoms with Crippen molar-refractivity contribution in [3.63, 3.8) is 0 Å². The van der Waals surface area contributed by atoms with Crippen LogP contribution in [0.3, 0.4) is 0 Å². The molecular formula is C36H71N.